The highest BCUT2D eigenvalue weighted by molar-refractivity contribution is 5.86. The van der Waals surface area contributed by atoms with Gasteiger partial charge < -0.3 is 15.2 Å². The topological polar surface area (TPSA) is 58.6 Å². The third-order valence-corrected chi connectivity index (χ3v) is 3.08. The molecule has 0 aromatic heterocycles. The summed E-state index contributed by atoms with van der Waals surface area (Å²) in [6.45, 7) is 3.95. The SMILES string of the molecule is CCC(=CCNCCOC1CCCC1)C(=O)O. The number of hydrogen-bond acceptors (Lipinski definition) is 3. The van der Waals surface area contributed by atoms with Crippen molar-refractivity contribution in [3.8, 4) is 0 Å². The number of carbonyl (C=O) groups is 1. The zero-order valence-corrected chi connectivity index (χ0v) is 10.6. The number of nitrogens with one attached hydrogen (secondary N) is 1. The Labute approximate surface area is 103 Å². The predicted octanol–water partition coefficient (Wildman–Crippen LogP) is 1.96. The molecule has 0 heterocycles. The Morgan fingerprint density at radius 3 is 2.76 bits per heavy atom. The van der Waals surface area contributed by atoms with E-state index in [1.165, 1.54) is 25.7 Å². The van der Waals surface area contributed by atoms with Crippen LogP contribution >= 0.6 is 0 Å². The van der Waals surface area contributed by atoms with Crippen LogP contribution in [0.25, 0.3) is 0 Å². The van der Waals surface area contributed by atoms with E-state index in [2.05, 4.69) is 5.32 Å². The van der Waals surface area contributed by atoms with Crippen LogP contribution in [-0.4, -0.2) is 36.9 Å². The van der Waals surface area contributed by atoms with Crippen LogP contribution in [0.2, 0.25) is 0 Å². The molecule has 1 saturated carbocycles. The van der Waals surface area contributed by atoms with Gasteiger partial charge in [0.2, 0.25) is 0 Å². The second kappa shape index (κ2) is 8.25. The van der Waals surface area contributed by atoms with Gasteiger partial charge in [0.05, 0.1) is 12.7 Å². The second-order valence-corrected chi connectivity index (χ2v) is 4.37. The molecule has 0 aromatic carbocycles. The van der Waals surface area contributed by atoms with E-state index in [9.17, 15) is 4.79 Å². The van der Waals surface area contributed by atoms with Crippen LogP contribution in [0.4, 0.5) is 0 Å². The number of hydrogen-bond donors (Lipinski definition) is 2. The van der Waals surface area contributed by atoms with Crippen molar-refractivity contribution in [2.45, 2.75) is 45.1 Å². The van der Waals surface area contributed by atoms with Crippen LogP contribution in [0.15, 0.2) is 11.6 Å². The minimum atomic E-state index is -0.823. The van der Waals surface area contributed by atoms with Crippen LogP contribution in [-0.2, 0) is 9.53 Å². The molecular formula is C13H23NO3. The number of carboxylic acids is 1. The molecule has 98 valence electrons. The summed E-state index contributed by atoms with van der Waals surface area (Å²) in [5, 5.41) is 12.0. The van der Waals surface area contributed by atoms with E-state index in [1.54, 1.807) is 6.08 Å². The minimum absolute atomic E-state index is 0.456. The third kappa shape index (κ3) is 5.84. The Bertz CT molecular complexity index is 257. The molecule has 0 bridgehead atoms. The summed E-state index contributed by atoms with van der Waals surface area (Å²) in [6.07, 6.45) is 7.72. The first-order valence-electron chi connectivity index (χ1n) is 6.48. The highest BCUT2D eigenvalue weighted by Crippen LogP contribution is 2.20. The largest absolute Gasteiger partial charge is 0.478 e. The van der Waals surface area contributed by atoms with Gasteiger partial charge in [0.15, 0.2) is 0 Å². The van der Waals surface area contributed by atoms with Gasteiger partial charge in [0, 0.05) is 18.7 Å². The molecule has 0 aliphatic heterocycles. The standard InChI is InChI=1S/C13H23NO3/c1-2-11(13(15)16)7-8-14-9-10-17-12-5-3-4-6-12/h7,12,14H,2-6,8-10H2,1H3,(H,15,16). The molecular weight excluding hydrogens is 218 g/mol. The van der Waals surface area contributed by atoms with Crippen molar-refractivity contribution in [2.75, 3.05) is 19.7 Å². The molecule has 1 aliphatic carbocycles. The molecule has 1 rings (SSSR count). The van der Waals surface area contributed by atoms with Crippen molar-refractivity contribution in [1.82, 2.24) is 5.32 Å². The molecule has 0 spiro atoms. The van der Waals surface area contributed by atoms with E-state index in [4.69, 9.17) is 9.84 Å². The van der Waals surface area contributed by atoms with Gasteiger partial charge in [-0.2, -0.15) is 0 Å². The van der Waals surface area contributed by atoms with Gasteiger partial charge in [-0.15, -0.1) is 0 Å². The van der Waals surface area contributed by atoms with Crippen molar-refractivity contribution >= 4 is 5.97 Å². The second-order valence-electron chi connectivity index (χ2n) is 4.37. The van der Waals surface area contributed by atoms with Crippen molar-refractivity contribution in [1.29, 1.82) is 0 Å². The van der Waals surface area contributed by atoms with Gasteiger partial charge in [-0.1, -0.05) is 25.8 Å². The molecule has 4 nitrogen and oxygen atoms in total. The first-order valence-corrected chi connectivity index (χ1v) is 6.48. The highest BCUT2D eigenvalue weighted by Gasteiger charge is 2.14. The van der Waals surface area contributed by atoms with Gasteiger partial charge >= 0.3 is 5.97 Å². The molecule has 0 amide bonds. The van der Waals surface area contributed by atoms with E-state index < -0.39 is 5.97 Å². The lowest BCUT2D eigenvalue weighted by molar-refractivity contribution is -0.132. The van der Waals surface area contributed by atoms with E-state index in [0.717, 1.165) is 6.54 Å². The Balaban J connectivity index is 2.01. The number of aliphatic carboxylic acids is 1. The van der Waals surface area contributed by atoms with Gasteiger partial charge in [-0.3, -0.25) is 0 Å². The summed E-state index contributed by atoms with van der Waals surface area (Å²) in [5.41, 5.74) is 0.467. The molecule has 0 aromatic rings. The maximum Gasteiger partial charge on any atom is 0.331 e. The average Bonchev–Trinajstić information content (AvgIpc) is 2.80. The first kappa shape index (κ1) is 14.2. The minimum Gasteiger partial charge on any atom is -0.478 e. The monoisotopic (exact) mass is 241 g/mol. The van der Waals surface area contributed by atoms with Crippen molar-refractivity contribution < 1.29 is 14.6 Å². The Kier molecular flexibility index (Phi) is 6.89. The summed E-state index contributed by atoms with van der Waals surface area (Å²) >= 11 is 0. The molecule has 2 N–H and O–H groups in total. The molecule has 1 aliphatic rings. The summed E-state index contributed by atoms with van der Waals surface area (Å²) in [6, 6.07) is 0. The number of rotatable bonds is 8. The molecule has 0 saturated heterocycles. The van der Waals surface area contributed by atoms with Crippen LogP contribution in [0.5, 0.6) is 0 Å². The highest BCUT2D eigenvalue weighted by atomic mass is 16.5. The fourth-order valence-electron chi connectivity index (χ4n) is 2.03. The molecule has 0 unspecified atom stereocenters. The lowest BCUT2D eigenvalue weighted by Crippen LogP contribution is -2.22. The quantitative estimate of drug-likeness (QED) is 0.504. The summed E-state index contributed by atoms with van der Waals surface area (Å²) in [5.74, 6) is -0.823. The van der Waals surface area contributed by atoms with Crippen LogP contribution in [0, 0.1) is 0 Å². The Morgan fingerprint density at radius 2 is 2.18 bits per heavy atom. The maximum atomic E-state index is 10.7. The van der Waals surface area contributed by atoms with Gasteiger partial charge in [-0.05, 0) is 19.3 Å². The molecule has 1 fully saturated rings. The summed E-state index contributed by atoms with van der Waals surface area (Å²) in [4.78, 5) is 10.7. The van der Waals surface area contributed by atoms with Gasteiger partial charge in [0.1, 0.15) is 0 Å². The normalized spacial score (nSPS) is 17.6. The zero-order valence-electron chi connectivity index (χ0n) is 10.6. The maximum absolute atomic E-state index is 10.7. The van der Waals surface area contributed by atoms with Crippen molar-refractivity contribution in [3.63, 3.8) is 0 Å². The Morgan fingerprint density at radius 1 is 1.47 bits per heavy atom. The van der Waals surface area contributed by atoms with Gasteiger partial charge in [0.25, 0.3) is 0 Å². The first-order chi connectivity index (χ1) is 8.24. The summed E-state index contributed by atoms with van der Waals surface area (Å²) in [7, 11) is 0. The summed E-state index contributed by atoms with van der Waals surface area (Å²) < 4.78 is 5.68. The third-order valence-electron chi connectivity index (χ3n) is 3.08. The van der Waals surface area contributed by atoms with Crippen molar-refractivity contribution in [2.24, 2.45) is 0 Å². The van der Waals surface area contributed by atoms with Crippen LogP contribution in [0.1, 0.15) is 39.0 Å². The number of carboxylic acid groups (broad SMARTS) is 1. The van der Waals surface area contributed by atoms with Crippen LogP contribution < -0.4 is 5.32 Å². The lowest BCUT2D eigenvalue weighted by atomic mass is 10.2. The van der Waals surface area contributed by atoms with E-state index in [0.29, 0.717) is 31.2 Å². The molecule has 0 radical (unpaired) electrons. The molecule has 4 heteroatoms. The average molecular weight is 241 g/mol. The van der Waals surface area contributed by atoms with Gasteiger partial charge in [-0.25, -0.2) is 4.79 Å². The fourth-order valence-corrected chi connectivity index (χ4v) is 2.03. The van der Waals surface area contributed by atoms with E-state index >= 15 is 0 Å². The van der Waals surface area contributed by atoms with E-state index in [1.807, 2.05) is 6.92 Å². The molecule has 0 atom stereocenters. The number of ether oxygens (including phenoxy) is 1. The van der Waals surface area contributed by atoms with Crippen LogP contribution in [0.3, 0.4) is 0 Å². The smallest absolute Gasteiger partial charge is 0.331 e. The van der Waals surface area contributed by atoms with E-state index in [-0.39, 0.29) is 0 Å². The fraction of sp³-hybridized carbons (Fsp3) is 0.769. The zero-order chi connectivity index (χ0) is 12.5. The predicted molar refractivity (Wildman–Crippen MR) is 67.1 cm³/mol. The van der Waals surface area contributed by atoms with Crippen molar-refractivity contribution in [3.05, 3.63) is 11.6 Å². The Hall–Kier alpha value is -0.870. The lowest BCUT2D eigenvalue weighted by Gasteiger charge is -2.10. The molecule has 17 heavy (non-hydrogen) atoms.